The number of carbonyl (C=O) groups is 3. The Morgan fingerprint density at radius 3 is 2.53 bits per heavy atom. The van der Waals surface area contributed by atoms with Crippen molar-refractivity contribution in [2.45, 2.75) is 12.5 Å². The van der Waals surface area contributed by atoms with Crippen molar-refractivity contribution in [3.8, 4) is 0 Å². The zero-order chi connectivity index (χ0) is 13.3. The van der Waals surface area contributed by atoms with Crippen molar-refractivity contribution in [3.05, 3.63) is 0 Å². The van der Waals surface area contributed by atoms with Gasteiger partial charge in [-0.05, 0) is 18.4 Å². The van der Waals surface area contributed by atoms with Gasteiger partial charge in [-0.2, -0.15) is 11.8 Å². The molecule has 1 unspecified atom stereocenters. The van der Waals surface area contributed by atoms with Crippen LogP contribution in [-0.4, -0.2) is 49.6 Å². The number of ether oxygens (including phenoxy) is 1. The van der Waals surface area contributed by atoms with Crippen LogP contribution in [0.1, 0.15) is 6.42 Å². The fraction of sp³-hybridized carbons (Fsp3) is 0.667. The molecule has 17 heavy (non-hydrogen) atoms. The Morgan fingerprint density at radius 1 is 1.41 bits per heavy atom. The highest BCUT2D eigenvalue weighted by molar-refractivity contribution is 7.98. The molecule has 7 nitrogen and oxygen atoms in total. The van der Waals surface area contributed by atoms with Crippen LogP contribution in [0.25, 0.3) is 0 Å². The molecule has 0 heterocycles. The average molecular weight is 263 g/mol. The number of urea groups is 1. The highest BCUT2D eigenvalue weighted by atomic mass is 32.2. The summed E-state index contributed by atoms with van der Waals surface area (Å²) in [4.78, 5) is 33.1. The van der Waals surface area contributed by atoms with Crippen molar-refractivity contribution in [2.24, 2.45) is 5.73 Å². The summed E-state index contributed by atoms with van der Waals surface area (Å²) in [6.45, 7) is -0.231. The van der Waals surface area contributed by atoms with Gasteiger partial charge in [-0.1, -0.05) is 0 Å². The number of methoxy groups -OCH3 is 1. The molecule has 0 aromatic rings. The van der Waals surface area contributed by atoms with E-state index in [1.54, 1.807) is 0 Å². The molecular formula is C9H17N3O4S. The molecule has 0 aromatic carbocycles. The van der Waals surface area contributed by atoms with Gasteiger partial charge in [0.25, 0.3) is 0 Å². The van der Waals surface area contributed by atoms with E-state index in [4.69, 9.17) is 5.73 Å². The number of hydrogen-bond acceptors (Lipinski definition) is 5. The Balaban J connectivity index is 4.20. The monoisotopic (exact) mass is 263 g/mol. The molecule has 0 aliphatic carbocycles. The number of primary amides is 1. The molecule has 8 heteroatoms. The van der Waals surface area contributed by atoms with Crippen molar-refractivity contribution in [2.75, 3.05) is 25.7 Å². The molecule has 0 saturated carbocycles. The number of carbonyl (C=O) groups excluding carboxylic acids is 3. The highest BCUT2D eigenvalue weighted by Crippen LogP contribution is 2.00. The van der Waals surface area contributed by atoms with E-state index in [2.05, 4.69) is 15.4 Å². The van der Waals surface area contributed by atoms with E-state index >= 15 is 0 Å². The zero-order valence-corrected chi connectivity index (χ0v) is 10.6. The number of nitrogens with one attached hydrogen (secondary N) is 2. The second kappa shape index (κ2) is 8.68. The minimum Gasteiger partial charge on any atom is -0.468 e. The summed E-state index contributed by atoms with van der Waals surface area (Å²) in [6.07, 6.45) is 2.32. The first-order valence-corrected chi connectivity index (χ1v) is 6.30. The number of nitrogens with two attached hydrogens (primary N) is 1. The molecule has 0 saturated heterocycles. The maximum absolute atomic E-state index is 11.6. The summed E-state index contributed by atoms with van der Waals surface area (Å²) in [5.74, 6) is -0.319. The molecule has 0 rings (SSSR count). The summed E-state index contributed by atoms with van der Waals surface area (Å²) >= 11 is 1.54. The molecule has 4 N–H and O–H groups in total. The van der Waals surface area contributed by atoms with Gasteiger partial charge in [0.05, 0.1) is 7.11 Å². The minimum atomic E-state index is -0.774. The first-order valence-electron chi connectivity index (χ1n) is 4.90. The molecule has 0 aliphatic rings. The lowest BCUT2D eigenvalue weighted by atomic mass is 10.2. The Morgan fingerprint density at radius 2 is 2.06 bits per heavy atom. The fourth-order valence-corrected chi connectivity index (χ4v) is 1.50. The van der Waals surface area contributed by atoms with E-state index in [1.165, 1.54) is 18.9 Å². The first kappa shape index (κ1) is 15.6. The lowest BCUT2D eigenvalue weighted by Gasteiger charge is -2.16. The van der Waals surface area contributed by atoms with Crippen LogP contribution in [0.2, 0.25) is 0 Å². The van der Waals surface area contributed by atoms with Gasteiger partial charge in [0.2, 0.25) is 5.91 Å². The summed E-state index contributed by atoms with van der Waals surface area (Å²) in [5.41, 5.74) is 4.96. The van der Waals surface area contributed by atoms with Crippen molar-refractivity contribution in [3.63, 3.8) is 0 Å². The van der Waals surface area contributed by atoms with Crippen molar-refractivity contribution >= 4 is 29.7 Å². The summed E-state index contributed by atoms with van der Waals surface area (Å²) in [6, 6.07) is -1.51. The van der Waals surface area contributed by atoms with Gasteiger partial charge in [0, 0.05) is 0 Å². The first-order chi connectivity index (χ1) is 8.01. The van der Waals surface area contributed by atoms with Gasteiger partial charge in [0.15, 0.2) is 0 Å². The number of esters is 1. The minimum absolute atomic E-state index is 0.231. The third-order valence-corrected chi connectivity index (χ3v) is 2.52. The topological polar surface area (TPSA) is 111 Å². The Bertz CT molecular complexity index is 285. The predicted octanol–water partition coefficient (Wildman–Crippen LogP) is -0.934. The fourth-order valence-electron chi connectivity index (χ4n) is 1.03. The number of amides is 3. The van der Waals surface area contributed by atoms with Gasteiger partial charge in [-0.15, -0.1) is 0 Å². The molecule has 3 amide bonds. The Hall–Kier alpha value is -1.44. The number of hydrogen-bond donors (Lipinski definition) is 3. The van der Waals surface area contributed by atoms with E-state index in [-0.39, 0.29) is 6.54 Å². The maximum Gasteiger partial charge on any atom is 0.325 e. The SMILES string of the molecule is COC(=O)CNC(=O)C(CCSC)NC(N)=O. The lowest BCUT2D eigenvalue weighted by molar-refractivity contribution is -0.141. The van der Waals surface area contributed by atoms with Crippen LogP contribution in [0, 0.1) is 0 Å². The summed E-state index contributed by atoms with van der Waals surface area (Å²) in [7, 11) is 1.22. The van der Waals surface area contributed by atoms with E-state index in [1.807, 2.05) is 6.26 Å². The quantitative estimate of drug-likeness (QED) is 0.514. The second-order valence-corrected chi connectivity index (χ2v) is 4.12. The molecule has 1 atom stereocenters. The number of thioether (sulfide) groups is 1. The van der Waals surface area contributed by atoms with Crippen molar-refractivity contribution in [1.82, 2.24) is 10.6 Å². The van der Waals surface area contributed by atoms with Crippen LogP contribution in [0.15, 0.2) is 0 Å². The average Bonchev–Trinajstić information content (AvgIpc) is 2.30. The zero-order valence-electron chi connectivity index (χ0n) is 9.82. The third kappa shape index (κ3) is 7.45. The maximum atomic E-state index is 11.6. The normalized spacial score (nSPS) is 11.4. The molecule has 0 spiro atoms. The molecule has 0 aromatic heterocycles. The Kier molecular flexibility index (Phi) is 7.95. The van der Waals surface area contributed by atoms with E-state index < -0.39 is 23.9 Å². The van der Waals surface area contributed by atoms with Gasteiger partial charge >= 0.3 is 12.0 Å². The van der Waals surface area contributed by atoms with Crippen LogP contribution in [0.4, 0.5) is 4.79 Å². The summed E-state index contributed by atoms with van der Waals surface area (Å²) in [5, 5.41) is 4.67. The van der Waals surface area contributed by atoms with Crippen LogP contribution in [-0.2, 0) is 14.3 Å². The number of rotatable bonds is 7. The summed E-state index contributed by atoms with van der Waals surface area (Å²) < 4.78 is 4.37. The van der Waals surface area contributed by atoms with E-state index in [0.29, 0.717) is 12.2 Å². The molecule has 0 aliphatic heterocycles. The third-order valence-electron chi connectivity index (χ3n) is 1.88. The molecule has 98 valence electrons. The Labute approximate surface area is 104 Å². The van der Waals surface area contributed by atoms with Crippen LogP contribution >= 0.6 is 11.8 Å². The molecule has 0 fully saturated rings. The predicted molar refractivity (Wildman–Crippen MR) is 64.5 cm³/mol. The lowest BCUT2D eigenvalue weighted by Crippen LogP contribution is -2.49. The van der Waals surface area contributed by atoms with Crippen molar-refractivity contribution in [1.29, 1.82) is 0 Å². The van der Waals surface area contributed by atoms with E-state index in [9.17, 15) is 14.4 Å². The van der Waals surface area contributed by atoms with Crippen molar-refractivity contribution < 1.29 is 19.1 Å². The van der Waals surface area contributed by atoms with Gasteiger partial charge < -0.3 is 21.1 Å². The van der Waals surface area contributed by atoms with Crippen LogP contribution in [0.3, 0.4) is 0 Å². The van der Waals surface area contributed by atoms with Crippen LogP contribution < -0.4 is 16.4 Å². The molecular weight excluding hydrogens is 246 g/mol. The van der Waals surface area contributed by atoms with Crippen LogP contribution in [0.5, 0.6) is 0 Å². The van der Waals surface area contributed by atoms with E-state index in [0.717, 1.165) is 0 Å². The second-order valence-electron chi connectivity index (χ2n) is 3.14. The molecule has 0 radical (unpaired) electrons. The van der Waals surface area contributed by atoms with Gasteiger partial charge in [-0.25, -0.2) is 4.79 Å². The molecule has 0 bridgehead atoms. The largest absolute Gasteiger partial charge is 0.468 e. The highest BCUT2D eigenvalue weighted by Gasteiger charge is 2.19. The van der Waals surface area contributed by atoms with Gasteiger partial charge in [-0.3, -0.25) is 9.59 Å². The van der Waals surface area contributed by atoms with Gasteiger partial charge in [0.1, 0.15) is 12.6 Å². The smallest absolute Gasteiger partial charge is 0.325 e. The standard InChI is InChI=1S/C9H17N3O4S/c1-16-7(13)5-11-8(14)6(3-4-17-2)12-9(10)15/h6H,3-5H2,1-2H3,(H,11,14)(H3,10,12,15).